The maximum Gasteiger partial charge on any atom is 0.330 e. The minimum absolute atomic E-state index is 0.253. The van der Waals surface area contributed by atoms with E-state index in [2.05, 4.69) is 0 Å². The quantitative estimate of drug-likeness (QED) is 0.589. The molecule has 112 valence electrons. The first-order valence-corrected chi connectivity index (χ1v) is 7.14. The van der Waals surface area contributed by atoms with Gasteiger partial charge in [-0.1, -0.05) is 6.08 Å². The molecule has 0 unspecified atom stereocenters. The molecule has 1 aromatic rings. The Balaban J connectivity index is 1.96. The molecule has 21 heavy (non-hydrogen) atoms. The molecule has 0 saturated carbocycles. The van der Waals surface area contributed by atoms with Gasteiger partial charge in [0.2, 0.25) is 0 Å². The molecule has 0 amide bonds. The van der Waals surface area contributed by atoms with Crippen LogP contribution in [-0.2, 0) is 14.3 Å². The lowest BCUT2D eigenvalue weighted by Gasteiger charge is -2.06. The Hall–Kier alpha value is -2.10. The van der Waals surface area contributed by atoms with Gasteiger partial charge in [0.25, 0.3) is 0 Å². The van der Waals surface area contributed by atoms with E-state index in [0.29, 0.717) is 13.2 Å². The Labute approximate surface area is 124 Å². The Kier molecular flexibility index (Phi) is 5.55. The molecule has 3 nitrogen and oxygen atoms in total. The Bertz CT molecular complexity index is 544. The highest BCUT2D eigenvalue weighted by atomic mass is 19.1. The monoisotopic (exact) mass is 290 g/mol. The van der Waals surface area contributed by atoms with Gasteiger partial charge in [-0.3, -0.25) is 0 Å². The molecule has 0 saturated heterocycles. The number of carbonyl (C=O) groups is 1. The topological polar surface area (TPSA) is 35.5 Å². The van der Waals surface area contributed by atoms with Gasteiger partial charge in [0, 0.05) is 18.1 Å². The first-order chi connectivity index (χ1) is 10.2. The van der Waals surface area contributed by atoms with E-state index in [9.17, 15) is 9.18 Å². The molecule has 4 heteroatoms. The zero-order valence-corrected chi connectivity index (χ0v) is 12.1. The van der Waals surface area contributed by atoms with E-state index in [-0.39, 0.29) is 11.8 Å². The highest BCUT2D eigenvalue weighted by Gasteiger charge is 2.17. The third-order valence-corrected chi connectivity index (χ3v) is 3.23. The number of benzene rings is 1. The molecule has 0 aromatic heterocycles. The van der Waals surface area contributed by atoms with Gasteiger partial charge in [0.1, 0.15) is 11.6 Å². The number of rotatable bonds is 6. The van der Waals surface area contributed by atoms with E-state index >= 15 is 0 Å². The van der Waals surface area contributed by atoms with Crippen molar-refractivity contribution in [1.29, 1.82) is 0 Å². The highest BCUT2D eigenvalue weighted by molar-refractivity contribution is 5.81. The molecule has 0 atom stereocenters. The molecule has 2 rings (SSSR count). The summed E-state index contributed by atoms with van der Waals surface area (Å²) >= 11 is 0. The van der Waals surface area contributed by atoms with Crippen LogP contribution >= 0.6 is 0 Å². The van der Waals surface area contributed by atoms with Gasteiger partial charge < -0.3 is 9.47 Å². The number of hydrogen-bond donors (Lipinski definition) is 0. The van der Waals surface area contributed by atoms with Crippen LogP contribution in [0.25, 0.3) is 5.76 Å². The van der Waals surface area contributed by atoms with Gasteiger partial charge >= 0.3 is 5.97 Å². The summed E-state index contributed by atoms with van der Waals surface area (Å²) < 4.78 is 23.4. The van der Waals surface area contributed by atoms with Crippen molar-refractivity contribution in [2.24, 2.45) is 0 Å². The second-order valence-corrected chi connectivity index (χ2v) is 4.73. The van der Waals surface area contributed by atoms with E-state index in [4.69, 9.17) is 9.47 Å². The van der Waals surface area contributed by atoms with Crippen LogP contribution in [0.1, 0.15) is 31.7 Å². The van der Waals surface area contributed by atoms with Gasteiger partial charge in [-0.25, -0.2) is 9.18 Å². The minimum atomic E-state index is -0.312. The smallest absolute Gasteiger partial charge is 0.330 e. The van der Waals surface area contributed by atoms with Crippen LogP contribution in [0.5, 0.6) is 0 Å². The molecule has 0 N–H and O–H groups in total. The number of allylic oxidation sites excluding steroid dienone is 1. The van der Waals surface area contributed by atoms with Crippen molar-refractivity contribution in [3.8, 4) is 0 Å². The summed E-state index contributed by atoms with van der Waals surface area (Å²) in [5, 5.41) is 0. The summed E-state index contributed by atoms with van der Waals surface area (Å²) in [6.07, 6.45) is 5.72. The summed E-state index contributed by atoms with van der Waals surface area (Å²) in [6, 6.07) is 6.32. The minimum Gasteiger partial charge on any atom is -0.493 e. The molecule has 1 aromatic carbocycles. The van der Waals surface area contributed by atoms with Crippen molar-refractivity contribution in [3.63, 3.8) is 0 Å². The summed E-state index contributed by atoms with van der Waals surface area (Å²) in [4.78, 5) is 11.2. The number of halogens is 1. The predicted molar refractivity (Wildman–Crippen MR) is 78.9 cm³/mol. The maximum absolute atomic E-state index is 12.9. The zero-order valence-electron chi connectivity index (χ0n) is 12.1. The van der Waals surface area contributed by atoms with Gasteiger partial charge in [-0.15, -0.1) is 0 Å². The fourth-order valence-electron chi connectivity index (χ4n) is 2.25. The third-order valence-electron chi connectivity index (χ3n) is 3.23. The Morgan fingerprint density at radius 3 is 2.86 bits per heavy atom. The molecule has 1 heterocycles. The molecule has 1 aliphatic rings. The van der Waals surface area contributed by atoms with Crippen molar-refractivity contribution >= 4 is 11.7 Å². The lowest BCUT2D eigenvalue weighted by molar-refractivity contribution is -0.137. The highest BCUT2D eigenvalue weighted by Crippen LogP contribution is 2.31. The molecule has 0 bridgehead atoms. The van der Waals surface area contributed by atoms with Crippen LogP contribution in [0.4, 0.5) is 4.39 Å². The Morgan fingerprint density at radius 1 is 1.38 bits per heavy atom. The Morgan fingerprint density at radius 2 is 2.14 bits per heavy atom. The number of ether oxygens (including phenoxy) is 2. The molecular weight excluding hydrogens is 271 g/mol. The molecular formula is C17H19FO3. The first-order valence-electron chi connectivity index (χ1n) is 7.14. The standard InChI is InChI=1S/C17H19FO3/c1-2-20-16(19)6-4-3-5-13-11-12-21-17(13)14-7-9-15(18)10-8-14/h4,6-10H,2-3,5,11-12H2,1H3/b6-4+. The van der Waals surface area contributed by atoms with Gasteiger partial charge in [-0.05, 0) is 49.6 Å². The second-order valence-electron chi connectivity index (χ2n) is 4.73. The SMILES string of the molecule is CCOC(=O)/C=C/CCC1=C(c2ccc(F)cc2)OCC1. The number of hydrogen-bond acceptors (Lipinski definition) is 3. The molecule has 0 radical (unpaired) electrons. The number of esters is 1. The second kappa shape index (κ2) is 7.62. The summed E-state index contributed by atoms with van der Waals surface area (Å²) in [5.74, 6) is 0.281. The fourth-order valence-corrected chi connectivity index (χ4v) is 2.25. The fraction of sp³-hybridized carbons (Fsp3) is 0.353. The molecule has 0 aliphatic carbocycles. The zero-order chi connectivity index (χ0) is 15.1. The summed E-state index contributed by atoms with van der Waals surface area (Å²) in [6.45, 7) is 2.82. The maximum atomic E-state index is 12.9. The van der Waals surface area contributed by atoms with E-state index in [1.807, 2.05) is 6.08 Å². The normalized spacial score (nSPS) is 14.6. The van der Waals surface area contributed by atoms with E-state index < -0.39 is 0 Å². The summed E-state index contributed by atoms with van der Waals surface area (Å²) in [7, 11) is 0. The van der Waals surface area contributed by atoms with Crippen molar-refractivity contribution in [3.05, 3.63) is 53.4 Å². The van der Waals surface area contributed by atoms with E-state index in [0.717, 1.165) is 30.6 Å². The van der Waals surface area contributed by atoms with Gasteiger partial charge in [-0.2, -0.15) is 0 Å². The average molecular weight is 290 g/mol. The molecule has 1 aliphatic heterocycles. The van der Waals surface area contributed by atoms with Gasteiger partial charge in [0.15, 0.2) is 0 Å². The molecule has 0 fully saturated rings. The van der Waals surface area contributed by atoms with Gasteiger partial charge in [0.05, 0.1) is 13.2 Å². The van der Waals surface area contributed by atoms with Crippen LogP contribution in [0.2, 0.25) is 0 Å². The van der Waals surface area contributed by atoms with Crippen LogP contribution in [0.15, 0.2) is 42.0 Å². The van der Waals surface area contributed by atoms with Crippen LogP contribution in [0.3, 0.4) is 0 Å². The number of carbonyl (C=O) groups excluding carboxylic acids is 1. The van der Waals surface area contributed by atoms with Crippen molar-refractivity contribution in [1.82, 2.24) is 0 Å². The molecule has 0 spiro atoms. The van der Waals surface area contributed by atoms with Crippen molar-refractivity contribution in [2.75, 3.05) is 13.2 Å². The average Bonchev–Trinajstić information content (AvgIpc) is 2.93. The largest absolute Gasteiger partial charge is 0.493 e. The lowest BCUT2D eigenvalue weighted by Crippen LogP contribution is -1.98. The predicted octanol–water partition coefficient (Wildman–Crippen LogP) is 3.86. The van der Waals surface area contributed by atoms with Crippen LogP contribution in [-0.4, -0.2) is 19.2 Å². The lowest BCUT2D eigenvalue weighted by atomic mass is 10.0. The summed E-state index contributed by atoms with van der Waals surface area (Å²) in [5.41, 5.74) is 2.10. The van der Waals surface area contributed by atoms with E-state index in [1.54, 1.807) is 19.1 Å². The van der Waals surface area contributed by atoms with Crippen LogP contribution in [0, 0.1) is 5.82 Å². The van der Waals surface area contributed by atoms with Crippen molar-refractivity contribution < 1.29 is 18.7 Å². The van der Waals surface area contributed by atoms with Crippen LogP contribution < -0.4 is 0 Å². The first kappa shape index (κ1) is 15.3. The van der Waals surface area contributed by atoms with Crippen molar-refractivity contribution in [2.45, 2.75) is 26.2 Å². The third kappa shape index (κ3) is 4.45. The van der Waals surface area contributed by atoms with E-state index in [1.165, 1.54) is 23.8 Å².